The van der Waals surface area contributed by atoms with Crippen LogP contribution in [0.15, 0.2) is 0 Å². The second kappa shape index (κ2) is 8.15. The Labute approximate surface area is 118 Å². The molecule has 1 fully saturated rings. The maximum atomic E-state index is 11.8. The summed E-state index contributed by atoms with van der Waals surface area (Å²) in [6.45, 7) is 2.44. The van der Waals surface area contributed by atoms with Crippen LogP contribution < -0.4 is 0 Å². The molecule has 1 heterocycles. The molecule has 0 radical (unpaired) electrons. The van der Waals surface area contributed by atoms with Gasteiger partial charge >= 0.3 is 5.97 Å². The van der Waals surface area contributed by atoms with Crippen LogP contribution in [0.1, 0.15) is 45.4 Å². The Morgan fingerprint density at radius 2 is 2.11 bits per heavy atom. The average molecular weight is 290 g/mol. The third kappa shape index (κ3) is 4.49. The SMILES string of the molecule is CCCCCCOC(=O)C1CCC(=O)N1C(=O)CCl. The van der Waals surface area contributed by atoms with Gasteiger partial charge in [0.2, 0.25) is 11.8 Å². The fourth-order valence-corrected chi connectivity index (χ4v) is 2.21. The highest BCUT2D eigenvalue weighted by Crippen LogP contribution is 2.20. The quantitative estimate of drug-likeness (QED) is 0.408. The van der Waals surface area contributed by atoms with Gasteiger partial charge in [0.15, 0.2) is 0 Å². The van der Waals surface area contributed by atoms with Crippen LogP contribution in [0.2, 0.25) is 0 Å². The van der Waals surface area contributed by atoms with E-state index in [0.717, 1.165) is 30.6 Å². The predicted molar refractivity (Wildman–Crippen MR) is 70.7 cm³/mol. The van der Waals surface area contributed by atoms with Crippen LogP contribution >= 0.6 is 11.6 Å². The van der Waals surface area contributed by atoms with Crippen molar-refractivity contribution in [1.29, 1.82) is 0 Å². The van der Waals surface area contributed by atoms with Gasteiger partial charge in [-0.25, -0.2) is 4.79 Å². The fraction of sp³-hybridized carbons (Fsp3) is 0.769. The molecule has 1 aliphatic rings. The molecule has 0 N–H and O–H groups in total. The lowest BCUT2D eigenvalue weighted by Gasteiger charge is -2.20. The van der Waals surface area contributed by atoms with Crippen LogP contribution in [0, 0.1) is 0 Å². The van der Waals surface area contributed by atoms with Gasteiger partial charge in [-0.2, -0.15) is 0 Å². The Hall–Kier alpha value is -1.10. The van der Waals surface area contributed by atoms with E-state index in [9.17, 15) is 14.4 Å². The summed E-state index contributed by atoms with van der Waals surface area (Å²) >= 11 is 5.43. The first-order valence-electron chi connectivity index (χ1n) is 6.69. The van der Waals surface area contributed by atoms with Crippen LogP contribution in [0.25, 0.3) is 0 Å². The van der Waals surface area contributed by atoms with E-state index < -0.39 is 17.9 Å². The molecule has 0 bridgehead atoms. The largest absolute Gasteiger partial charge is 0.464 e. The number of hydrogen-bond acceptors (Lipinski definition) is 4. The molecule has 0 aliphatic carbocycles. The van der Waals surface area contributed by atoms with Crippen molar-refractivity contribution in [2.75, 3.05) is 12.5 Å². The fourth-order valence-electron chi connectivity index (χ4n) is 2.08. The minimum atomic E-state index is -0.787. The number of rotatable bonds is 7. The number of esters is 1. The molecule has 5 nitrogen and oxygen atoms in total. The van der Waals surface area contributed by atoms with Crippen molar-refractivity contribution in [3.05, 3.63) is 0 Å². The van der Waals surface area contributed by atoms with Crippen molar-refractivity contribution >= 4 is 29.4 Å². The molecule has 1 atom stereocenters. The van der Waals surface area contributed by atoms with E-state index in [1.165, 1.54) is 0 Å². The number of carbonyl (C=O) groups is 3. The van der Waals surface area contributed by atoms with Gasteiger partial charge in [-0.15, -0.1) is 11.6 Å². The third-order valence-electron chi connectivity index (χ3n) is 3.11. The van der Waals surface area contributed by atoms with E-state index in [2.05, 4.69) is 6.92 Å². The lowest BCUT2D eigenvalue weighted by molar-refractivity contribution is -0.156. The molecule has 0 spiro atoms. The van der Waals surface area contributed by atoms with Crippen LogP contribution in [0.3, 0.4) is 0 Å². The van der Waals surface area contributed by atoms with Crippen molar-refractivity contribution in [3.63, 3.8) is 0 Å². The standard InChI is InChI=1S/C13H20ClNO4/c1-2-3-4-5-8-19-13(18)10-6-7-11(16)15(10)12(17)9-14/h10H,2-9H2,1H3. The second-order valence-corrected chi connectivity index (χ2v) is 4.84. The summed E-state index contributed by atoms with van der Waals surface area (Å²) in [5.74, 6) is -1.68. The van der Waals surface area contributed by atoms with Crippen LogP contribution in [0.5, 0.6) is 0 Å². The van der Waals surface area contributed by atoms with Crippen molar-refractivity contribution in [3.8, 4) is 0 Å². The molecule has 1 saturated heterocycles. The Morgan fingerprint density at radius 3 is 2.74 bits per heavy atom. The van der Waals surface area contributed by atoms with Crippen LogP contribution in [-0.2, 0) is 19.1 Å². The number of unbranched alkanes of at least 4 members (excludes halogenated alkanes) is 3. The maximum Gasteiger partial charge on any atom is 0.329 e. The molecule has 19 heavy (non-hydrogen) atoms. The molecular formula is C13H20ClNO4. The van der Waals surface area contributed by atoms with Gasteiger partial charge < -0.3 is 4.74 Å². The normalized spacial score (nSPS) is 18.7. The first-order chi connectivity index (χ1) is 9.11. The van der Waals surface area contributed by atoms with E-state index in [-0.39, 0.29) is 18.2 Å². The monoisotopic (exact) mass is 289 g/mol. The van der Waals surface area contributed by atoms with E-state index in [4.69, 9.17) is 16.3 Å². The third-order valence-corrected chi connectivity index (χ3v) is 3.34. The Kier molecular flexibility index (Phi) is 6.84. The number of halogens is 1. The summed E-state index contributed by atoms with van der Waals surface area (Å²) in [5.41, 5.74) is 0. The summed E-state index contributed by atoms with van der Waals surface area (Å²) in [6.07, 6.45) is 4.56. The summed E-state index contributed by atoms with van der Waals surface area (Å²) < 4.78 is 5.12. The molecule has 0 aromatic rings. The Balaban J connectivity index is 2.42. The zero-order valence-corrected chi connectivity index (χ0v) is 11.9. The van der Waals surface area contributed by atoms with Gasteiger partial charge in [0.1, 0.15) is 11.9 Å². The molecule has 0 aromatic carbocycles. The number of amides is 2. The first kappa shape index (κ1) is 16.0. The number of carbonyl (C=O) groups excluding carboxylic acids is 3. The van der Waals surface area contributed by atoms with Crippen molar-refractivity contribution in [1.82, 2.24) is 4.90 Å². The first-order valence-corrected chi connectivity index (χ1v) is 7.22. The topological polar surface area (TPSA) is 63.7 Å². The van der Waals surface area contributed by atoms with Crippen LogP contribution in [-0.4, -0.2) is 41.2 Å². The van der Waals surface area contributed by atoms with Gasteiger partial charge in [-0.05, 0) is 12.8 Å². The van der Waals surface area contributed by atoms with E-state index >= 15 is 0 Å². The second-order valence-electron chi connectivity index (χ2n) is 4.57. The molecule has 1 unspecified atom stereocenters. The van der Waals surface area contributed by atoms with Gasteiger partial charge in [0.05, 0.1) is 6.61 Å². The zero-order chi connectivity index (χ0) is 14.3. The Morgan fingerprint density at radius 1 is 1.37 bits per heavy atom. The highest BCUT2D eigenvalue weighted by Gasteiger charge is 2.40. The van der Waals surface area contributed by atoms with Gasteiger partial charge in [-0.3, -0.25) is 14.5 Å². The Bertz CT molecular complexity index is 346. The smallest absolute Gasteiger partial charge is 0.329 e. The van der Waals surface area contributed by atoms with Crippen molar-refractivity contribution < 1.29 is 19.1 Å². The number of ether oxygens (including phenoxy) is 1. The maximum absolute atomic E-state index is 11.8. The molecule has 6 heteroatoms. The lowest BCUT2D eigenvalue weighted by Crippen LogP contribution is -2.44. The summed E-state index contributed by atoms with van der Waals surface area (Å²) in [6, 6.07) is -0.787. The van der Waals surface area contributed by atoms with Crippen molar-refractivity contribution in [2.24, 2.45) is 0 Å². The summed E-state index contributed by atoms with van der Waals surface area (Å²) in [5, 5.41) is 0. The molecule has 0 aromatic heterocycles. The highest BCUT2D eigenvalue weighted by atomic mass is 35.5. The zero-order valence-electron chi connectivity index (χ0n) is 11.2. The lowest BCUT2D eigenvalue weighted by atomic mass is 10.2. The van der Waals surface area contributed by atoms with E-state index in [1.807, 2.05) is 0 Å². The van der Waals surface area contributed by atoms with Gasteiger partial charge in [-0.1, -0.05) is 26.2 Å². The number of alkyl halides is 1. The summed E-state index contributed by atoms with van der Waals surface area (Å²) in [7, 11) is 0. The minimum Gasteiger partial charge on any atom is -0.464 e. The number of nitrogens with zero attached hydrogens (tertiary/aromatic N) is 1. The molecular weight excluding hydrogens is 270 g/mol. The van der Waals surface area contributed by atoms with E-state index in [0.29, 0.717) is 13.0 Å². The molecule has 2 amide bonds. The summed E-state index contributed by atoms with van der Waals surface area (Å²) in [4.78, 5) is 35.9. The number of likely N-dealkylation sites (tertiary alicyclic amines) is 1. The molecule has 1 aliphatic heterocycles. The highest BCUT2D eigenvalue weighted by molar-refractivity contribution is 6.28. The van der Waals surface area contributed by atoms with Gasteiger partial charge in [0, 0.05) is 6.42 Å². The number of hydrogen-bond donors (Lipinski definition) is 0. The average Bonchev–Trinajstić information content (AvgIpc) is 2.79. The molecule has 1 rings (SSSR count). The predicted octanol–water partition coefficient (Wildman–Crippen LogP) is 1.87. The van der Waals surface area contributed by atoms with Crippen LogP contribution in [0.4, 0.5) is 0 Å². The minimum absolute atomic E-state index is 0.193. The van der Waals surface area contributed by atoms with E-state index in [1.54, 1.807) is 0 Å². The number of imide groups is 1. The molecule has 0 saturated carbocycles. The van der Waals surface area contributed by atoms with Crippen molar-refractivity contribution in [2.45, 2.75) is 51.5 Å². The van der Waals surface area contributed by atoms with Gasteiger partial charge in [0.25, 0.3) is 0 Å². The molecule has 108 valence electrons.